The highest BCUT2D eigenvalue weighted by Gasteiger charge is 2.30. The fraction of sp³-hybridized carbons (Fsp3) is 0.846. The lowest BCUT2D eigenvalue weighted by atomic mass is 9.94. The minimum Gasteiger partial charge on any atom is -0.480 e. The average molecular weight is 273 g/mol. The molecule has 0 unspecified atom stereocenters. The molecule has 5 heteroatoms. The first-order valence-corrected chi connectivity index (χ1v) is 7.46. The Bertz CT molecular complexity index is 311. The lowest BCUT2D eigenvalue weighted by Crippen LogP contribution is -2.40. The molecule has 18 heavy (non-hydrogen) atoms. The van der Waals surface area contributed by atoms with E-state index < -0.39 is 10.7 Å². The number of carboxylic acid groups (broad SMARTS) is 1. The summed E-state index contributed by atoms with van der Waals surface area (Å²) in [5.41, 5.74) is 0. The number of thioether (sulfide) groups is 1. The normalized spacial score (nSPS) is 17.5. The van der Waals surface area contributed by atoms with Gasteiger partial charge in [-0.15, -0.1) is 11.8 Å². The van der Waals surface area contributed by atoms with Crippen molar-refractivity contribution in [1.29, 1.82) is 0 Å². The van der Waals surface area contributed by atoms with Gasteiger partial charge < -0.3 is 10.0 Å². The molecule has 0 aromatic rings. The number of aliphatic carboxylic acids is 1. The van der Waals surface area contributed by atoms with Crippen LogP contribution < -0.4 is 0 Å². The average Bonchev–Trinajstić information content (AvgIpc) is 2.36. The van der Waals surface area contributed by atoms with Crippen LogP contribution in [0.1, 0.15) is 46.0 Å². The maximum atomic E-state index is 12.0. The van der Waals surface area contributed by atoms with Crippen molar-refractivity contribution in [2.75, 3.05) is 12.8 Å². The Balaban J connectivity index is 2.42. The van der Waals surface area contributed by atoms with Gasteiger partial charge >= 0.3 is 5.97 Å². The fourth-order valence-corrected chi connectivity index (χ4v) is 2.89. The molecule has 1 aliphatic rings. The highest BCUT2D eigenvalue weighted by atomic mass is 32.2. The molecule has 4 nitrogen and oxygen atoms in total. The van der Waals surface area contributed by atoms with Gasteiger partial charge in [0.25, 0.3) is 0 Å². The van der Waals surface area contributed by atoms with E-state index in [1.807, 2.05) is 11.9 Å². The van der Waals surface area contributed by atoms with Crippen molar-refractivity contribution in [2.45, 2.75) is 56.7 Å². The Morgan fingerprint density at radius 3 is 2.33 bits per heavy atom. The van der Waals surface area contributed by atoms with E-state index in [0.717, 1.165) is 12.8 Å². The predicted octanol–water partition coefficient (Wildman–Crippen LogP) is 2.37. The number of carboxylic acids is 1. The third kappa shape index (κ3) is 4.19. The molecule has 0 aromatic carbocycles. The summed E-state index contributed by atoms with van der Waals surface area (Å²) in [7, 11) is 1.84. The van der Waals surface area contributed by atoms with Crippen molar-refractivity contribution in [2.24, 2.45) is 0 Å². The molecule has 1 amide bonds. The van der Waals surface area contributed by atoms with E-state index in [9.17, 15) is 9.59 Å². The Morgan fingerprint density at radius 1 is 1.28 bits per heavy atom. The van der Waals surface area contributed by atoms with Gasteiger partial charge in [0.2, 0.25) is 5.91 Å². The topological polar surface area (TPSA) is 57.6 Å². The van der Waals surface area contributed by atoms with Crippen LogP contribution in [-0.2, 0) is 9.59 Å². The highest BCUT2D eigenvalue weighted by Crippen LogP contribution is 2.26. The SMILES string of the molecule is CN(C(=O)CSC(C)(C)C(=O)O)C1CCCCC1. The standard InChI is InChI=1S/C13H23NO3S/c1-13(2,12(16)17)18-9-11(15)14(3)10-7-5-4-6-8-10/h10H,4-9H2,1-3H3,(H,16,17). The number of carbonyl (C=O) groups is 2. The van der Waals surface area contributed by atoms with Crippen LogP contribution >= 0.6 is 11.8 Å². The lowest BCUT2D eigenvalue weighted by molar-refractivity contribution is -0.138. The van der Waals surface area contributed by atoms with E-state index in [4.69, 9.17) is 5.11 Å². The van der Waals surface area contributed by atoms with E-state index in [2.05, 4.69) is 0 Å². The molecule has 0 heterocycles. The van der Waals surface area contributed by atoms with E-state index in [0.29, 0.717) is 6.04 Å². The van der Waals surface area contributed by atoms with Crippen LogP contribution in [0.2, 0.25) is 0 Å². The van der Waals surface area contributed by atoms with Gasteiger partial charge in [0, 0.05) is 13.1 Å². The summed E-state index contributed by atoms with van der Waals surface area (Å²) in [6, 6.07) is 0.347. The van der Waals surface area contributed by atoms with Gasteiger partial charge in [0.05, 0.1) is 5.75 Å². The van der Waals surface area contributed by atoms with Gasteiger partial charge in [-0.05, 0) is 26.7 Å². The minimum absolute atomic E-state index is 0.0428. The van der Waals surface area contributed by atoms with Crippen LogP contribution in [0, 0.1) is 0 Å². The summed E-state index contributed by atoms with van der Waals surface area (Å²) in [6.45, 7) is 3.27. The molecule has 104 valence electrons. The molecule has 1 aliphatic carbocycles. The molecule has 0 radical (unpaired) electrons. The maximum Gasteiger partial charge on any atom is 0.319 e. The number of rotatable bonds is 5. The Hall–Kier alpha value is -0.710. The van der Waals surface area contributed by atoms with E-state index in [-0.39, 0.29) is 11.7 Å². The Labute approximate surface area is 113 Å². The van der Waals surface area contributed by atoms with Crippen molar-refractivity contribution >= 4 is 23.6 Å². The van der Waals surface area contributed by atoms with Crippen molar-refractivity contribution in [3.05, 3.63) is 0 Å². The number of nitrogens with zero attached hydrogens (tertiary/aromatic N) is 1. The van der Waals surface area contributed by atoms with E-state index in [1.54, 1.807) is 13.8 Å². The second-order valence-corrected chi connectivity index (χ2v) is 7.00. The summed E-state index contributed by atoms with van der Waals surface area (Å²) in [4.78, 5) is 24.8. The van der Waals surface area contributed by atoms with Crippen LogP contribution in [0.4, 0.5) is 0 Å². The van der Waals surface area contributed by atoms with Crippen molar-refractivity contribution < 1.29 is 14.7 Å². The summed E-state index contributed by atoms with van der Waals surface area (Å²) in [5, 5.41) is 9.00. The summed E-state index contributed by atoms with van der Waals surface area (Å²) >= 11 is 1.20. The molecule has 0 bridgehead atoms. The van der Waals surface area contributed by atoms with E-state index >= 15 is 0 Å². The summed E-state index contributed by atoms with van der Waals surface area (Å²) < 4.78 is -0.900. The second-order valence-electron chi connectivity index (χ2n) is 5.40. The van der Waals surface area contributed by atoms with E-state index in [1.165, 1.54) is 31.0 Å². The van der Waals surface area contributed by atoms with Crippen LogP contribution in [0.5, 0.6) is 0 Å². The lowest BCUT2D eigenvalue weighted by Gasteiger charge is -2.31. The van der Waals surface area contributed by atoms with Gasteiger partial charge in [0.15, 0.2) is 0 Å². The zero-order valence-electron chi connectivity index (χ0n) is 11.4. The first kappa shape index (κ1) is 15.3. The number of hydrogen-bond acceptors (Lipinski definition) is 3. The molecule has 1 saturated carbocycles. The minimum atomic E-state index is -0.900. The molecule has 0 aliphatic heterocycles. The molecule has 0 saturated heterocycles. The first-order valence-electron chi connectivity index (χ1n) is 6.47. The quantitative estimate of drug-likeness (QED) is 0.835. The molecule has 0 spiro atoms. The highest BCUT2D eigenvalue weighted by molar-refractivity contribution is 8.01. The fourth-order valence-electron chi connectivity index (χ4n) is 2.08. The summed E-state index contributed by atoms with van der Waals surface area (Å²) in [5.74, 6) is -0.589. The molecule has 0 aromatic heterocycles. The number of carbonyl (C=O) groups excluding carboxylic acids is 1. The Morgan fingerprint density at radius 2 is 1.83 bits per heavy atom. The zero-order valence-corrected chi connectivity index (χ0v) is 12.3. The molecular formula is C13H23NO3S. The largest absolute Gasteiger partial charge is 0.480 e. The van der Waals surface area contributed by atoms with Gasteiger partial charge in [-0.2, -0.15) is 0 Å². The number of amides is 1. The molecule has 0 atom stereocenters. The first-order chi connectivity index (χ1) is 8.34. The third-order valence-electron chi connectivity index (χ3n) is 3.59. The molecule has 1 rings (SSSR count). The smallest absolute Gasteiger partial charge is 0.319 e. The van der Waals surface area contributed by atoms with Crippen molar-refractivity contribution in [1.82, 2.24) is 4.90 Å². The number of hydrogen-bond donors (Lipinski definition) is 1. The van der Waals surface area contributed by atoms with Crippen LogP contribution in [0.15, 0.2) is 0 Å². The van der Waals surface area contributed by atoms with Crippen LogP contribution in [-0.4, -0.2) is 45.5 Å². The monoisotopic (exact) mass is 273 g/mol. The van der Waals surface area contributed by atoms with Gasteiger partial charge in [-0.25, -0.2) is 0 Å². The van der Waals surface area contributed by atoms with Crippen LogP contribution in [0.3, 0.4) is 0 Å². The Kier molecular flexibility index (Phi) is 5.50. The second kappa shape index (κ2) is 6.45. The predicted molar refractivity (Wildman–Crippen MR) is 73.8 cm³/mol. The van der Waals surface area contributed by atoms with Crippen molar-refractivity contribution in [3.8, 4) is 0 Å². The molecule has 1 N–H and O–H groups in total. The van der Waals surface area contributed by atoms with Gasteiger partial charge in [-0.1, -0.05) is 19.3 Å². The maximum absolute atomic E-state index is 12.0. The van der Waals surface area contributed by atoms with Gasteiger partial charge in [-0.3, -0.25) is 9.59 Å². The van der Waals surface area contributed by atoms with Crippen LogP contribution in [0.25, 0.3) is 0 Å². The summed E-state index contributed by atoms with van der Waals surface area (Å²) in [6.07, 6.45) is 5.80. The zero-order chi connectivity index (χ0) is 13.8. The van der Waals surface area contributed by atoms with Crippen molar-refractivity contribution in [3.63, 3.8) is 0 Å². The third-order valence-corrected chi connectivity index (χ3v) is 4.87. The van der Waals surface area contributed by atoms with Gasteiger partial charge in [0.1, 0.15) is 4.75 Å². The molecular weight excluding hydrogens is 250 g/mol. The molecule has 1 fully saturated rings.